The molecule has 0 bridgehead atoms. The molecule has 160 valence electrons. The fraction of sp³-hybridized carbons (Fsp3) is 0. The SMILES string of the molecule is NC(=O)Nc1ccc(NC(=O)c2ccc(Cl)c(NS(=O)(=O)c3ccc(F)cc3)c2)cc1. The number of rotatable bonds is 6. The lowest BCUT2D eigenvalue weighted by Crippen LogP contribution is -2.19. The van der Waals surface area contributed by atoms with E-state index in [0.29, 0.717) is 11.4 Å². The lowest BCUT2D eigenvalue weighted by atomic mass is 10.2. The summed E-state index contributed by atoms with van der Waals surface area (Å²) in [6.45, 7) is 0. The van der Waals surface area contributed by atoms with Crippen LogP contribution in [-0.4, -0.2) is 20.4 Å². The molecule has 0 spiro atoms. The first-order valence-corrected chi connectivity index (χ1v) is 10.6. The number of amides is 3. The summed E-state index contributed by atoms with van der Waals surface area (Å²) in [6, 6.07) is 13.8. The molecule has 3 rings (SSSR count). The van der Waals surface area contributed by atoms with E-state index in [4.69, 9.17) is 17.3 Å². The van der Waals surface area contributed by atoms with E-state index in [1.807, 2.05) is 0 Å². The number of benzene rings is 3. The van der Waals surface area contributed by atoms with Gasteiger partial charge in [-0.25, -0.2) is 17.6 Å². The molecule has 0 aromatic heterocycles. The van der Waals surface area contributed by atoms with Gasteiger partial charge in [0, 0.05) is 16.9 Å². The number of nitrogens with one attached hydrogen (secondary N) is 3. The van der Waals surface area contributed by atoms with Gasteiger partial charge in [-0.15, -0.1) is 0 Å². The van der Waals surface area contributed by atoms with Gasteiger partial charge in [0.25, 0.3) is 15.9 Å². The molecule has 0 unspecified atom stereocenters. The molecule has 0 saturated carbocycles. The Labute approximate surface area is 182 Å². The molecule has 0 saturated heterocycles. The van der Waals surface area contributed by atoms with Crippen LogP contribution in [0.4, 0.5) is 26.2 Å². The predicted octanol–water partition coefficient (Wildman–Crippen LogP) is 4.02. The zero-order valence-electron chi connectivity index (χ0n) is 15.7. The van der Waals surface area contributed by atoms with Crippen LogP contribution in [0, 0.1) is 5.82 Å². The third-order valence-corrected chi connectivity index (χ3v) is 5.72. The molecular formula is C20H16ClFN4O4S. The Balaban J connectivity index is 1.77. The second-order valence-corrected chi connectivity index (χ2v) is 8.36. The number of carbonyl (C=O) groups excluding carboxylic acids is 2. The third kappa shape index (κ3) is 5.71. The zero-order valence-corrected chi connectivity index (χ0v) is 17.3. The standard InChI is InChI=1S/C20H16ClFN4O4S/c21-17-10-1-12(19(27)24-14-4-6-15(7-5-14)25-20(23)28)11-18(17)26-31(29,30)16-8-2-13(22)3-9-16/h1-11,26H,(H,24,27)(H3,23,25,28). The lowest BCUT2D eigenvalue weighted by Gasteiger charge is -2.12. The van der Waals surface area contributed by atoms with Crippen LogP contribution in [0.5, 0.6) is 0 Å². The molecule has 11 heteroatoms. The predicted molar refractivity (Wildman–Crippen MR) is 116 cm³/mol. The molecule has 3 aromatic carbocycles. The van der Waals surface area contributed by atoms with Gasteiger partial charge < -0.3 is 16.4 Å². The zero-order chi connectivity index (χ0) is 22.6. The van der Waals surface area contributed by atoms with Gasteiger partial charge in [-0.3, -0.25) is 9.52 Å². The van der Waals surface area contributed by atoms with E-state index < -0.39 is 27.8 Å². The molecule has 0 aliphatic rings. The van der Waals surface area contributed by atoms with Crippen LogP contribution in [0.3, 0.4) is 0 Å². The average molecular weight is 463 g/mol. The molecule has 8 nitrogen and oxygen atoms in total. The van der Waals surface area contributed by atoms with Crippen LogP contribution >= 0.6 is 11.6 Å². The summed E-state index contributed by atoms with van der Waals surface area (Å²) in [7, 11) is -4.05. The maximum absolute atomic E-state index is 13.1. The Kier molecular flexibility index (Phi) is 6.42. The number of nitrogens with two attached hydrogens (primary N) is 1. The minimum Gasteiger partial charge on any atom is -0.351 e. The van der Waals surface area contributed by atoms with Crippen molar-refractivity contribution in [3.8, 4) is 0 Å². The van der Waals surface area contributed by atoms with E-state index in [9.17, 15) is 22.4 Å². The van der Waals surface area contributed by atoms with Crippen LogP contribution in [0.15, 0.2) is 71.6 Å². The first-order chi connectivity index (χ1) is 14.6. The van der Waals surface area contributed by atoms with Gasteiger partial charge in [0.15, 0.2) is 0 Å². The second kappa shape index (κ2) is 9.02. The maximum atomic E-state index is 13.1. The van der Waals surface area contributed by atoms with Crippen LogP contribution < -0.4 is 21.1 Å². The van der Waals surface area contributed by atoms with Crippen molar-refractivity contribution in [1.82, 2.24) is 0 Å². The molecule has 3 aromatic rings. The van der Waals surface area contributed by atoms with Gasteiger partial charge >= 0.3 is 6.03 Å². The third-order valence-electron chi connectivity index (χ3n) is 4.01. The Morgan fingerprint density at radius 1 is 0.871 bits per heavy atom. The second-order valence-electron chi connectivity index (χ2n) is 6.27. The van der Waals surface area contributed by atoms with E-state index in [-0.39, 0.29) is 21.2 Å². The lowest BCUT2D eigenvalue weighted by molar-refractivity contribution is 0.102. The summed E-state index contributed by atoms with van der Waals surface area (Å²) in [6.07, 6.45) is 0. The van der Waals surface area contributed by atoms with Crippen LogP contribution in [0.25, 0.3) is 0 Å². The monoisotopic (exact) mass is 462 g/mol. The van der Waals surface area contributed by atoms with Gasteiger partial charge in [-0.1, -0.05) is 11.6 Å². The molecule has 3 amide bonds. The molecule has 0 atom stereocenters. The molecule has 0 aliphatic carbocycles. The number of hydrogen-bond acceptors (Lipinski definition) is 4. The van der Waals surface area contributed by atoms with Gasteiger partial charge in [-0.2, -0.15) is 0 Å². The van der Waals surface area contributed by atoms with Crippen molar-refractivity contribution in [1.29, 1.82) is 0 Å². The summed E-state index contributed by atoms with van der Waals surface area (Å²) in [5.41, 5.74) is 6.05. The largest absolute Gasteiger partial charge is 0.351 e. The van der Waals surface area contributed by atoms with Gasteiger partial charge in [0.1, 0.15) is 5.82 Å². The molecule has 0 aliphatic heterocycles. The molecule has 0 heterocycles. The van der Waals surface area contributed by atoms with Gasteiger partial charge in [0.2, 0.25) is 0 Å². The van der Waals surface area contributed by atoms with E-state index in [2.05, 4.69) is 15.4 Å². The van der Waals surface area contributed by atoms with Gasteiger partial charge in [-0.05, 0) is 66.7 Å². The molecular weight excluding hydrogens is 447 g/mol. The smallest absolute Gasteiger partial charge is 0.316 e. The first kappa shape index (κ1) is 22.1. The van der Waals surface area contributed by atoms with Crippen molar-refractivity contribution in [2.45, 2.75) is 4.90 Å². The highest BCUT2D eigenvalue weighted by molar-refractivity contribution is 7.92. The molecule has 31 heavy (non-hydrogen) atoms. The van der Waals surface area contributed by atoms with E-state index in [1.54, 1.807) is 24.3 Å². The number of hydrogen-bond donors (Lipinski definition) is 4. The van der Waals surface area contributed by atoms with Crippen LogP contribution in [0.2, 0.25) is 5.02 Å². The topological polar surface area (TPSA) is 130 Å². The van der Waals surface area contributed by atoms with E-state index >= 15 is 0 Å². The van der Waals surface area contributed by atoms with Crippen molar-refractivity contribution in [2.24, 2.45) is 5.73 Å². The molecule has 0 fully saturated rings. The fourth-order valence-corrected chi connectivity index (χ4v) is 3.84. The number of halogens is 2. The average Bonchev–Trinajstić information content (AvgIpc) is 2.71. The van der Waals surface area contributed by atoms with Crippen molar-refractivity contribution in [2.75, 3.05) is 15.4 Å². The number of primary amides is 1. The van der Waals surface area contributed by atoms with Crippen LogP contribution in [-0.2, 0) is 10.0 Å². The van der Waals surface area contributed by atoms with Crippen LogP contribution in [0.1, 0.15) is 10.4 Å². The molecule has 5 N–H and O–H groups in total. The number of anilines is 3. The summed E-state index contributed by atoms with van der Waals surface area (Å²) >= 11 is 6.08. The van der Waals surface area contributed by atoms with Crippen molar-refractivity contribution < 1.29 is 22.4 Å². The highest BCUT2D eigenvalue weighted by atomic mass is 35.5. The highest BCUT2D eigenvalue weighted by Crippen LogP contribution is 2.26. The Bertz CT molecular complexity index is 1230. The Hall–Kier alpha value is -3.63. The van der Waals surface area contributed by atoms with Gasteiger partial charge in [0.05, 0.1) is 15.6 Å². The minimum absolute atomic E-state index is 0.0142. The maximum Gasteiger partial charge on any atom is 0.316 e. The van der Waals surface area contributed by atoms with E-state index in [1.165, 1.54) is 18.2 Å². The summed E-state index contributed by atoms with van der Waals surface area (Å²) in [4.78, 5) is 23.2. The normalized spacial score (nSPS) is 10.9. The van der Waals surface area contributed by atoms with E-state index in [0.717, 1.165) is 24.3 Å². The first-order valence-electron chi connectivity index (χ1n) is 8.70. The van der Waals surface area contributed by atoms with Crippen molar-refractivity contribution >= 4 is 50.6 Å². The van der Waals surface area contributed by atoms with Crippen molar-refractivity contribution in [3.63, 3.8) is 0 Å². The molecule has 0 radical (unpaired) electrons. The summed E-state index contributed by atoms with van der Waals surface area (Å²) in [5, 5.41) is 5.11. The summed E-state index contributed by atoms with van der Waals surface area (Å²) < 4.78 is 40.4. The summed E-state index contributed by atoms with van der Waals surface area (Å²) in [5.74, 6) is -1.09. The number of urea groups is 1. The quantitative estimate of drug-likeness (QED) is 0.440. The number of carbonyl (C=O) groups is 2. The Morgan fingerprint density at radius 2 is 1.45 bits per heavy atom. The number of sulfonamides is 1. The van der Waals surface area contributed by atoms with Crippen molar-refractivity contribution in [3.05, 3.63) is 83.1 Å². The highest BCUT2D eigenvalue weighted by Gasteiger charge is 2.17. The fourth-order valence-electron chi connectivity index (χ4n) is 2.54. The minimum atomic E-state index is -4.05. The Morgan fingerprint density at radius 3 is 2.03 bits per heavy atom.